The van der Waals surface area contributed by atoms with Gasteiger partial charge >= 0.3 is 5.97 Å². The van der Waals surface area contributed by atoms with Crippen molar-refractivity contribution in [3.63, 3.8) is 0 Å². The number of rotatable bonds is 5. The second-order valence-electron chi connectivity index (χ2n) is 8.37. The molecule has 1 amide bonds. The zero-order valence-electron chi connectivity index (χ0n) is 19.3. The van der Waals surface area contributed by atoms with Crippen LogP contribution in [0.5, 0.6) is 0 Å². The number of fused-ring (bicyclic) bond motifs is 2. The predicted molar refractivity (Wildman–Crippen MR) is 135 cm³/mol. The Hall–Kier alpha value is -4.39. The summed E-state index contributed by atoms with van der Waals surface area (Å²) in [4.78, 5) is 39.0. The number of allylic oxidation sites excluding steroid dienone is 1. The number of hydrogen-bond donors (Lipinski definition) is 1. The van der Waals surface area contributed by atoms with Gasteiger partial charge in [-0.2, -0.15) is 0 Å². The molecule has 35 heavy (non-hydrogen) atoms. The van der Waals surface area contributed by atoms with Crippen molar-refractivity contribution in [2.45, 2.75) is 32.3 Å². The highest BCUT2D eigenvalue weighted by Gasteiger charge is 2.28. The number of pyridine rings is 1. The van der Waals surface area contributed by atoms with Crippen LogP contribution in [0.1, 0.15) is 46.9 Å². The van der Waals surface area contributed by atoms with Crippen LogP contribution in [0.2, 0.25) is 0 Å². The van der Waals surface area contributed by atoms with E-state index in [1.54, 1.807) is 6.07 Å². The summed E-state index contributed by atoms with van der Waals surface area (Å²) in [5.41, 5.74) is 5.04. The molecule has 2 aromatic carbocycles. The molecule has 0 bridgehead atoms. The molecule has 0 saturated heterocycles. The van der Waals surface area contributed by atoms with E-state index in [4.69, 9.17) is 9.72 Å². The molecule has 0 fully saturated rings. The molecular formula is C28H24N4O3. The van der Waals surface area contributed by atoms with Gasteiger partial charge in [0.05, 0.1) is 16.8 Å². The van der Waals surface area contributed by atoms with Crippen molar-refractivity contribution in [1.29, 1.82) is 0 Å². The van der Waals surface area contributed by atoms with Gasteiger partial charge in [0.2, 0.25) is 5.95 Å². The zero-order chi connectivity index (χ0) is 24.2. The Balaban J connectivity index is 1.50. The van der Waals surface area contributed by atoms with Crippen molar-refractivity contribution in [3.8, 4) is 0 Å². The molecule has 0 spiro atoms. The summed E-state index contributed by atoms with van der Waals surface area (Å²) in [5.74, 6) is -0.887. The van der Waals surface area contributed by atoms with Gasteiger partial charge in [0.15, 0.2) is 6.10 Å². The highest BCUT2D eigenvalue weighted by Crippen LogP contribution is 2.36. The third-order valence-electron chi connectivity index (χ3n) is 5.97. The van der Waals surface area contributed by atoms with Gasteiger partial charge in [-0.15, -0.1) is 0 Å². The summed E-state index contributed by atoms with van der Waals surface area (Å²) < 4.78 is 5.64. The molecule has 0 saturated carbocycles. The smallest absolute Gasteiger partial charge is 0.339 e. The van der Waals surface area contributed by atoms with E-state index in [1.165, 1.54) is 19.3 Å². The van der Waals surface area contributed by atoms with Crippen LogP contribution in [0.25, 0.3) is 22.6 Å². The number of nitrogens with zero attached hydrogens (tertiary/aromatic N) is 3. The number of carbonyl (C=O) groups excluding carboxylic acids is 2. The van der Waals surface area contributed by atoms with Crippen LogP contribution < -0.4 is 5.32 Å². The number of amides is 1. The third-order valence-corrected chi connectivity index (χ3v) is 5.97. The molecule has 0 aliphatic heterocycles. The van der Waals surface area contributed by atoms with E-state index < -0.39 is 18.0 Å². The summed E-state index contributed by atoms with van der Waals surface area (Å²) in [6, 6.07) is 19.3. The number of esters is 1. The Morgan fingerprint density at radius 1 is 0.971 bits per heavy atom. The number of carbonyl (C=O) groups is 2. The fraction of sp³-hybridized carbons (Fsp3) is 0.179. The van der Waals surface area contributed by atoms with Gasteiger partial charge in [-0.05, 0) is 61.1 Å². The first-order chi connectivity index (χ1) is 17.1. The standard InChI is InChI=1S/C28H24N4O3/c1-18(26(33)32-28-29-15-8-16-30-28)35-27(34)24-21-12-5-6-14-23(21)31-25-20(11-7-13-22(24)25)17-19-9-3-2-4-10-19/h2-6,8-10,12,14-18H,7,11,13H2,1H3,(H,29,30,32,33)/b20-17+. The van der Waals surface area contributed by atoms with Crippen LogP contribution in [-0.4, -0.2) is 32.9 Å². The Morgan fingerprint density at radius 3 is 2.51 bits per heavy atom. The number of ether oxygens (including phenoxy) is 1. The fourth-order valence-electron chi connectivity index (χ4n) is 4.31. The van der Waals surface area contributed by atoms with Crippen molar-refractivity contribution >= 4 is 40.4 Å². The molecule has 1 aliphatic rings. The number of aromatic nitrogens is 3. The van der Waals surface area contributed by atoms with Crippen LogP contribution in [0.3, 0.4) is 0 Å². The highest BCUT2D eigenvalue weighted by molar-refractivity contribution is 6.07. The molecule has 4 aromatic rings. The van der Waals surface area contributed by atoms with E-state index in [0.29, 0.717) is 17.5 Å². The SMILES string of the molecule is CC(OC(=O)c1c2c(nc3ccccc13)/C(=C/c1ccccc1)CCC2)C(=O)Nc1ncccn1. The van der Waals surface area contributed by atoms with Crippen LogP contribution in [-0.2, 0) is 16.0 Å². The summed E-state index contributed by atoms with van der Waals surface area (Å²) >= 11 is 0. The lowest BCUT2D eigenvalue weighted by molar-refractivity contribution is -0.123. The monoisotopic (exact) mass is 464 g/mol. The predicted octanol–water partition coefficient (Wildman–Crippen LogP) is 5.09. The first-order valence-corrected chi connectivity index (χ1v) is 11.6. The van der Waals surface area contributed by atoms with Crippen molar-refractivity contribution in [2.75, 3.05) is 5.32 Å². The van der Waals surface area contributed by atoms with Gasteiger partial charge in [-0.1, -0.05) is 48.5 Å². The molecular weight excluding hydrogens is 440 g/mol. The van der Waals surface area contributed by atoms with Crippen LogP contribution >= 0.6 is 0 Å². The Kier molecular flexibility index (Phi) is 6.30. The lowest BCUT2D eigenvalue weighted by Crippen LogP contribution is -2.31. The first kappa shape index (κ1) is 22.4. The number of benzene rings is 2. The maximum Gasteiger partial charge on any atom is 0.339 e. The van der Waals surface area contributed by atoms with Crippen molar-refractivity contribution in [1.82, 2.24) is 15.0 Å². The van der Waals surface area contributed by atoms with Crippen LogP contribution in [0.4, 0.5) is 5.95 Å². The van der Waals surface area contributed by atoms with Crippen LogP contribution in [0.15, 0.2) is 73.1 Å². The van der Waals surface area contributed by atoms with Gasteiger partial charge in [-0.25, -0.2) is 19.7 Å². The van der Waals surface area contributed by atoms with Crippen molar-refractivity contribution < 1.29 is 14.3 Å². The second-order valence-corrected chi connectivity index (χ2v) is 8.37. The molecule has 174 valence electrons. The molecule has 1 unspecified atom stereocenters. The lowest BCUT2D eigenvalue weighted by atomic mass is 9.86. The third kappa shape index (κ3) is 4.80. The van der Waals surface area contributed by atoms with Gasteiger partial charge < -0.3 is 4.74 Å². The summed E-state index contributed by atoms with van der Waals surface area (Å²) in [7, 11) is 0. The maximum atomic E-state index is 13.5. The minimum atomic E-state index is -1.03. The van der Waals surface area contributed by atoms with Gasteiger partial charge in [0, 0.05) is 17.8 Å². The van der Waals surface area contributed by atoms with E-state index >= 15 is 0 Å². The van der Waals surface area contributed by atoms with E-state index in [2.05, 4.69) is 21.4 Å². The second kappa shape index (κ2) is 9.85. The minimum Gasteiger partial charge on any atom is -0.449 e. The molecule has 7 nitrogen and oxygen atoms in total. The number of para-hydroxylation sites is 1. The molecule has 5 rings (SSSR count). The maximum absolute atomic E-state index is 13.5. The molecule has 1 N–H and O–H groups in total. The number of nitrogens with one attached hydrogen (secondary N) is 1. The first-order valence-electron chi connectivity index (χ1n) is 11.6. The summed E-state index contributed by atoms with van der Waals surface area (Å²) in [5, 5.41) is 3.29. The Morgan fingerprint density at radius 2 is 1.71 bits per heavy atom. The molecule has 2 heterocycles. The number of hydrogen-bond acceptors (Lipinski definition) is 6. The van der Waals surface area contributed by atoms with Crippen molar-refractivity contribution in [2.24, 2.45) is 0 Å². The largest absolute Gasteiger partial charge is 0.449 e. The molecule has 1 aliphatic carbocycles. The molecule has 1 atom stereocenters. The van der Waals surface area contributed by atoms with Gasteiger partial charge in [0.1, 0.15) is 0 Å². The van der Waals surface area contributed by atoms with E-state index in [-0.39, 0.29) is 5.95 Å². The molecule has 2 aromatic heterocycles. The van der Waals surface area contributed by atoms with Crippen molar-refractivity contribution in [3.05, 3.63) is 95.4 Å². The topological polar surface area (TPSA) is 94.1 Å². The average Bonchev–Trinajstić information content (AvgIpc) is 2.88. The highest BCUT2D eigenvalue weighted by atomic mass is 16.5. The summed E-state index contributed by atoms with van der Waals surface area (Å²) in [6.45, 7) is 1.53. The lowest BCUT2D eigenvalue weighted by Gasteiger charge is -2.23. The normalized spacial score (nSPS) is 14.8. The molecule has 0 radical (unpaired) electrons. The Bertz CT molecular complexity index is 1420. The van der Waals surface area contributed by atoms with Gasteiger partial charge in [-0.3, -0.25) is 10.1 Å². The van der Waals surface area contributed by atoms with E-state index in [9.17, 15) is 9.59 Å². The molecule has 7 heteroatoms. The number of anilines is 1. The Labute approximate surface area is 202 Å². The quantitative estimate of drug-likeness (QED) is 0.414. The van der Waals surface area contributed by atoms with E-state index in [1.807, 2.05) is 54.6 Å². The van der Waals surface area contributed by atoms with E-state index in [0.717, 1.165) is 40.6 Å². The average molecular weight is 465 g/mol. The zero-order valence-corrected chi connectivity index (χ0v) is 19.3. The fourth-order valence-corrected chi connectivity index (χ4v) is 4.31. The van der Waals surface area contributed by atoms with Crippen LogP contribution in [0, 0.1) is 0 Å². The summed E-state index contributed by atoms with van der Waals surface area (Å²) in [6.07, 6.45) is 6.62. The van der Waals surface area contributed by atoms with Gasteiger partial charge in [0.25, 0.3) is 5.91 Å². The minimum absolute atomic E-state index is 0.155.